The second-order valence-corrected chi connectivity index (χ2v) is 5.66. The molecule has 0 radical (unpaired) electrons. The van der Waals surface area contributed by atoms with E-state index in [1.165, 1.54) is 24.3 Å². The molecule has 0 aromatic heterocycles. The lowest BCUT2D eigenvalue weighted by molar-refractivity contribution is -0.384. The monoisotopic (exact) mass is 354 g/mol. The van der Waals surface area contributed by atoms with Crippen molar-refractivity contribution in [3.05, 3.63) is 75.3 Å². The third-order valence-corrected chi connectivity index (χ3v) is 3.53. The van der Waals surface area contributed by atoms with E-state index in [1.807, 2.05) is 31.2 Å². The van der Waals surface area contributed by atoms with Gasteiger partial charge in [0.25, 0.3) is 11.6 Å². The molecule has 0 aliphatic rings. The summed E-state index contributed by atoms with van der Waals surface area (Å²) in [4.78, 5) is 33.7. The molecule has 0 bridgehead atoms. The van der Waals surface area contributed by atoms with Crippen LogP contribution < -0.4 is 5.32 Å². The zero-order valence-corrected chi connectivity index (χ0v) is 14.4. The molecular formula is C19H18N2O5. The minimum absolute atomic E-state index is 0.0619. The molecule has 26 heavy (non-hydrogen) atoms. The number of hydrogen-bond acceptors (Lipinski definition) is 5. The third kappa shape index (κ3) is 5.55. The van der Waals surface area contributed by atoms with Crippen LogP contribution in [0.1, 0.15) is 16.7 Å². The highest BCUT2D eigenvalue weighted by molar-refractivity contribution is 5.95. The number of amides is 1. The van der Waals surface area contributed by atoms with Crippen molar-refractivity contribution in [2.45, 2.75) is 13.8 Å². The van der Waals surface area contributed by atoms with Gasteiger partial charge in [0.15, 0.2) is 6.61 Å². The van der Waals surface area contributed by atoms with E-state index in [1.54, 1.807) is 13.0 Å². The maximum Gasteiger partial charge on any atom is 0.331 e. The number of rotatable bonds is 6. The van der Waals surface area contributed by atoms with Crippen LogP contribution >= 0.6 is 0 Å². The van der Waals surface area contributed by atoms with Crippen LogP contribution in [-0.4, -0.2) is 23.4 Å². The maximum absolute atomic E-state index is 11.9. The number of carbonyl (C=O) groups excluding carboxylic acids is 2. The molecule has 7 nitrogen and oxygen atoms in total. The van der Waals surface area contributed by atoms with E-state index in [9.17, 15) is 19.7 Å². The van der Waals surface area contributed by atoms with E-state index in [4.69, 9.17) is 4.74 Å². The molecule has 134 valence electrons. The van der Waals surface area contributed by atoms with Gasteiger partial charge in [-0.2, -0.15) is 0 Å². The fourth-order valence-electron chi connectivity index (χ4n) is 2.11. The van der Waals surface area contributed by atoms with Gasteiger partial charge >= 0.3 is 5.97 Å². The molecule has 0 saturated carbocycles. The summed E-state index contributed by atoms with van der Waals surface area (Å²) in [6.45, 7) is 3.15. The molecule has 1 N–H and O–H groups in total. The molecule has 2 rings (SSSR count). The number of ether oxygens (including phenoxy) is 1. The zero-order chi connectivity index (χ0) is 19.1. The maximum atomic E-state index is 11.9. The van der Waals surface area contributed by atoms with Gasteiger partial charge in [-0.15, -0.1) is 0 Å². The van der Waals surface area contributed by atoms with Gasteiger partial charge in [0.05, 0.1) is 4.92 Å². The normalized spacial score (nSPS) is 10.5. The van der Waals surface area contributed by atoms with Gasteiger partial charge in [-0.25, -0.2) is 4.79 Å². The van der Waals surface area contributed by atoms with Crippen molar-refractivity contribution >= 4 is 29.3 Å². The van der Waals surface area contributed by atoms with Gasteiger partial charge in [-0.1, -0.05) is 29.8 Å². The van der Waals surface area contributed by atoms with Crippen LogP contribution in [-0.2, 0) is 14.3 Å². The Morgan fingerprint density at radius 3 is 2.46 bits per heavy atom. The number of non-ortho nitro benzene ring substituents is 1. The Hall–Kier alpha value is -3.48. The van der Waals surface area contributed by atoms with Gasteiger partial charge in [0.1, 0.15) is 0 Å². The average molecular weight is 354 g/mol. The molecule has 0 saturated heterocycles. The Morgan fingerprint density at radius 1 is 1.15 bits per heavy atom. The van der Waals surface area contributed by atoms with E-state index in [0.29, 0.717) is 11.3 Å². The molecule has 0 unspecified atom stereocenters. The molecule has 7 heteroatoms. The summed E-state index contributed by atoms with van der Waals surface area (Å²) in [7, 11) is 0. The summed E-state index contributed by atoms with van der Waals surface area (Å²) in [5.74, 6) is -1.17. The number of esters is 1. The number of nitrogens with zero attached hydrogens (tertiary/aromatic N) is 1. The summed E-state index contributed by atoms with van der Waals surface area (Å²) >= 11 is 0. The second-order valence-electron chi connectivity index (χ2n) is 5.66. The molecule has 0 aliphatic carbocycles. The van der Waals surface area contributed by atoms with Crippen molar-refractivity contribution in [1.29, 1.82) is 0 Å². The Kier molecular flexibility index (Phi) is 6.21. The molecule has 0 aliphatic heterocycles. The van der Waals surface area contributed by atoms with Crippen molar-refractivity contribution in [3.8, 4) is 0 Å². The highest BCUT2D eigenvalue weighted by Crippen LogP contribution is 2.21. The topological polar surface area (TPSA) is 98.5 Å². The minimum atomic E-state index is -0.638. The number of hydrogen-bond donors (Lipinski definition) is 1. The number of anilines is 1. The third-order valence-electron chi connectivity index (χ3n) is 3.53. The zero-order valence-electron chi connectivity index (χ0n) is 14.4. The molecular weight excluding hydrogens is 336 g/mol. The lowest BCUT2D eigenvalue weighted by Gasteiger charge is -2.08. The molecule has 1 amide bonds. The molecule has 0 atom stereocenters. The van der Waals surface area contributed by atoms with E-state index in [2.05, 4.69) is 5.32 Å². The first-order chi connectivity index (χ1) is 12.3. The lowest BCUT2D eigenvalue weighted by Crippen LogP contribution is -2.20. The minimum Gasteiger partial charge on any atom is -0.452 e. The van der Waals surface area contributed by atoms with Gasteiger partial charge in [-0.3, -0.25) is 14.9 Å². The molecule has 2 aromatic rings. The Labute approximate surface area is 150 Å². The highest BCUT2D eigenvalue weighted by Gasteiger charge is 2.11. The molecule has 0 spiro atoms. The van der Waals surface area contributed by atoms with Crippen LogP contribution in [0, 0.1) is 24.0 Å². The van der Waals surface area contributed by atoms with Crippen LogP contribution in [0.3, 0.4) is 0 Å². The Bertz CT molecular complexity index is 857. The summed E-state index contributed by atoms with van der Waals surface area (Å²) in [5.41, 5.74) is 2.86. The average Bonchev–Trinajstić information content (AvgIpc) is 2.61. The standard InChI is InChI=1S/C19H18N2O5/c1-13-3-5-15(6-4-13)7-10-19(23)26-12-18(22)20-17-9-8-16(21(24)25)11-14(17)2/h3-11H,12H2,1-2H3,(H,20,22)/b10-7+. The van der Waals surface area contributed by atoms with Crippen LogP contribution in [0.15, 0.2) is 48.5 Å². The number of aryl methyl sites for hydroxylation is 2. The first-order valence-corrected chi connectivity index (χ1v) is 7.81. The highest BCUT2D eigenvalue weighted by atomic mass is 16.6. The molecule has 0 fully saturated rings. The Morgan fingerprint density at radius 2 is 1.85 bits per heavy atom. The van der Waals surface area contributed by atoms with Crippen molar-refractivity contribution in [2.24, 2.45) is 0 Å². The van der Waals surface area contributed by atoms with Gasteiger partial charge in [0.2, 0.25) is 0 Å². The first kappa shape index (κ1) is 18.9. The van der Waals surface area contributed by atoms with Gasteiger partial charge in [0, 0.05) is 23.9 Å². The number of nitro benzene ring substituents is 1. The fourth-order valence-corrected chi connectivity index (χ4v) is 2.11. The summed E-state index contributed by atoms with van der Waals surface area (Å²) in [6.07, 6.45) is 2.84. The van der Waals surface area contributed by atoms with E-state index in [0.717, 1.165) is 11.1 Å². The lowest BCUT2D eigenvalue weighted by atomic mass is 10.1. The smallest absolute Gasteiger partial charge is 0.331 e. The number of nitrogens with one attached hydrogen (secondary N) is 1. The summed E-state index contributed by atoms with van der Waals surface area (Å²) in [5, 5.41) is 13.2. The van der Waals surface area contributed by atoms with Crippen LogP contribution in [0.4, 0.5) is 11.4 Å². The predicted octanol–water partition coefficient (Wildman–Crippen LogP) is 3.41. The predicted molar refractivity (Wildman–Crippen MR) is 97.6 cm³/mol. The summed E-state index contributed by atoms with van der Waals surface area (Å²) in [6, 6.07) is 11.7. The fraction of sp³-hybridized carbons (Fsp3) is 0.158. The molecule has 2 aromatic carbocycles. The van der Waals surface area contributed by atoms with Crippen molar-refractivity contribution in [1.82, 2.24) is 0 Å². The van der Waals surface area contributed by atoms with Crippen molar-refractivity contribution in [3.63, 3.8) is 0 Å². The number of nitro groups is 1. The largest absolute Gasteiger partial charge is 0.452 e. The van der Waals surface area contributed by atoms with Crippen molar-refractivity contribution < 1.29 is 19.2 Å². The van der Waals surface area contributed by atoms with Gasteiger partial charge < -0.3 is 10.1 Å². The van der Waals surface area contributed by atoms with E-state index >= 15 is 0 Å². The van der Waals surface area contributed by atoms with E-state index in [-0.39, 0.29) is 5.69 Å². The number of benzene rings is 2. The first-order valence-electron chi connectivity index (χ1n) is 7.81. The number of carbonyl (C=O) groups is 2. The van der Waals surface area contributed by atoms with Crippen LogP contribution in [0.5, 0.6) is 0 Å². The Balaban J connectivity index is 1.85. The van der Waals surface area contributed by atoms with Crippen LogP contribution in [0.25, 0.3) is 6.08 Å². The van der Waals surface area contributed by atoms with E-state index < -0.39 is 23.4 Å². The quantitative estimate of drug-likeness (QED) is 0.371. The second kappa shape index (κ2) is 8.57. The van der Waals surface area contributed by atoms with Crippen LogP contribution in [0.2, 0.25) is 0 Å². The van der Waals surface area contributed by atoms with Crippen molar-refractivity contribution in [2.75, 3.05) is 11.9 Å². The molecule has 0 heterocycles. The summed E-state index contributed by atoms with van der Waals surface area (Å²) < 4.78 is 4.88. The SMILES string of the molecule is Cc1ccc(/C=C/C(=O)OCC(=O)Nc2ccc([N+](=O)[O-])cc2C)cc1. The van der Waals surface area contributed by atoms with Gasteiger partial charge in [-0.05, 0) is 37.1 Å².